The van der Waals surface area contributed by atoms with Gasteiger partial charge in [-0.2, -0.15) is 0 Å². The van der Waals surface area contributed by atoms with Crippen molar-refractivity contribution in [2.45, 2.75) is 26.3 Å². The number of carbonyl (C=O) groups excluding carboxylic acids is 1. The number of urea groups is 1. The van der Waals surface area contributed by atoms with Gasteiger partial charge in [0.25, 0.3) is 0 Å². The van der Waals surface area contributed by atoms with Gasteiger partial charge in [0.1, 0.15) is 0 Å². The summed E-state index contributed by atoms with van der Waals surface area (Å²) in [5.74, 6) is 1.22. The Morgan fingerprint density at radius 3 is 2.60 bits per heavy atom. The summed E-state index contributed by atoms with van der Waals surface area (Å²) >= 11 is 0. The van der Waals surface area contributed by atoms with Gasteiger partial charge in [0.05, 0.1) is 6.54 Å². The number of aromatic nitrogens is 2. The molecule has 1 aromatic heterocycles. The first-order valence-electron chi connectivity index (χ1n) is 4.78. The minimum atomic E-state index is -0.181. The Labute approximate surface area is 88.7 Å². The van der Waals surface area contributed by atoms with Crippen LogP contribution in [0.3, 0.4) is 0 Å². The van der Waals surface area contributed by atoms with Gasteiger partial charge in [0.2, 0.25) is 11.8 Å². The second-order valence-electron chi connectivity index (χ2n) is 3.74. The minimum absolute atomic E-state index is 0.181. The lowest BCUT2D eigenvalue weighted by molar-refractivity contribution is 0.215. The maximum atomic E-state index is 11.2. The highest BCUT2D eigenvalue weighted by molar-refractivity contribution is 5.73. The van der Waals surface area contributed by atoms with Gasteiger partial charge in [-0.3, -0.25) is 0 Å². The number of carbonyl (C=O) groups is 1. The molecule has 0 radical (unpaired) electrons. The summed E-state index contributed by atoms with van der Waals surface area (Å²) in [4.78, 5) is 12.6. The fourth-order valence-electron chi connectivity index (χ4n) is 0.881. The van der Waals surface area contributed by atoms with Gasteiger partial charge in [-0.1, -0.05) is 13.8 Å². The normalized spacial score (nSPS) is 10.5. The first-order valence-corrected chi connectivity index (χ1v) is 4.78. The van der Waals surface area contributed by atoms with Crippen molar-refractivity contribution >= 4 is 6.03 Å². The zero-order chi connectivity index (χ0) is 11.4. The smallest absolute Gasteiger partial charge is 0.317 e. The predicted molar refractivity (Wildman–Crippen MR) is 54.3 cm³/mol. The summed E-state index contributed by atoms with van der Waals surface area (Å²) in [6, 6.07) is -0.181. The first kappa shape index (κ1) is 11.5. The monoisotopic (exact) mass is 212 g/mol. The number of nitrogens with one attached hydrogen (secondary N) is 1. The van der Waals surface area contributed by atoms with Crippen molar-refractivity contribution in [3.8, 4) is 0 Å². The van der Waals surface area contributed by atoms with Crippen LogP contribution < -0.4 is 5.32 Å². The van der Waals surface area contributed by atoms with Crippen LogP contribution in [0.4, 0.5) is 4.79 Å². The maximum absolute atomic E-state index is 11.2. The molecule has 0 unspecified atom stereocenters. The van der Waals surface area contributed by atoms with Crippen molar-refractivity contribution < 1.29 is 9.21 Å². The van der Waals surface area contributed by atoms with Crippen LogP contribution in [-0.2, 0) is 6.54 Å². The molecule has 0 aliphatic heterocycles. The van der Waals surface area contributed by atoms with E-state index in [-0.39, 0.29) is 18.5 Å². The van der Waals surface area contributed by atoms with Crippen LogP contribution in [-0.4, -0.2) is 35.2 Å². The average Bonchev–Trinajstić information content (AvgIpc) is 2.62. The Balaban J connectivity index is 2.48. The molecule has 0 bridgehead atoms. The van der Waals surface area contributed by atoms with E-state index < -0.39 is 0 Å². The van der Waals surface area contributed by atoms with Crippen molar-refractivity contribution in [1.29, 1.82) is 0 Å². The second kappa shape index (κ2) is 4.77. The summed E-state index contributed by atoms with van der Waals surface area (Å²) in [7, 11) is 3.34. The second-order valence-corrected chi connectivity index (χ2v) is 3.74. The summed E-state index contributed by atoms with van der Waals surface area (Å²) in [5.41, 5.74) is 0. The van der Waals surface area contributed by atoms with E-state index in [1.54, 1.807) is 14.1 Å². The zero-order valence-electron chi connectivity index (χ0n) is 9.44. The van der Waals surface area contributed by atoms with E-state index in [1.165, 1.54) is 4.90 Å². The van der Waals surface area contributed by atoms with Crippen LogP contribution >= 0.6 is 0 Å². The third-order valence-electron chi connectivity index (χ3n) is 1.77. The summed E-state index contributed by atoms with van der Waals surface area (Å²) in [6.07, 6.45) is 0. The number of rotatable bonds is 3. The summed E-state index contributed by atoms with van der Waals surface area (Å²) in [5, 5.41) is 10.3. The highest BCUT2D eigenvalue weighted by Crippen LogP contribution is 2.11. The summed E-state index contributed by atoms with van der Waals surface area (Å²) < 4.78 is 5.32. The SMILES string of the molecule is CC(C)c1nnc(CNC(=O)N(C)C)o1. The lowest BCUT2D eigenvalue weighted by Gasteiger charge is -2.09. The molecule has 0 saturated heterocycles. The van der Waals surface area contributed by atoms with Crippen LogP contribution in [0.5, 0.6) is 0 Å². The Morgan fingerprint density at radius 1 is 1.47 bits per heavy atom. The molecule has 0 saturated carbocycles. The van der Waals surface area contributed by atoms with Gasteiger partial charge in [0, 0.05) is 20.0 Å². The van der Waals surface area contributed by atoms with Crippen LogP contribution in [0.15, 0.2) is 4.42 Å². The molecular formula is C9H16N4O2. The Bertz CT molecular complexity index is 333. The van der Waals surface area contributed by atoms with Gasteiger partial charge in [-0.05, 0) is 0 Å². The molecule has 1 heterocycles. The van der Waals surface area contributed by atoms with E-state index in [2.05, 4.69) is 15.5 Å². The largest absolute Gasteiger partial charge is 0.423 e. The lowest BCUT2D eigenvalue weighted by atomic mass is 10.2. The van der Waals surface area contributed by atoms with Gasteiger partial charge in [-0.15, -0.1) is 10.2 Å². The molecule has 2 amide bonds. The number of amides is 2. The molecule has 6 heteroatoms. The lowest BCUT2D eigenvalue weighted by Crippen LogP contribution is -2.34. The maximum Gasteiger partial charge on any atom is 0.317 e. The van der Waals surface area contributed by atoms with Crippen molar-refractivity contribution in [3.63, 3.8) is 0 Å². The molecule has 6 nitrogen and oxygen atoms in total. The Morgan fingerprint density at radius 2 is 2.13 bits per heavy atom. The molecule has 0 fully saturated rings. The van der Waals surface area contributed by atoms with Gasteiger partial charge >= 0.3 is 6.03 Å². The molecule has 84 valence electrons. The summed E-state index contributed by atoms with van der Waals surface area (Å²) in [6.45, 7) is 4.20. The first-order chi connectivity index (χ1) is 7.00. The van der Waals surface area contributed by atoms with Crippen LogP contribution in [0.1, 0.15) is 31.5 Å². The molecule has 0 aromatic carbocycles. The van der Waals surface area contributed by atoms with Crippen LogP contribution in [0, 0.1) is 0 Å². The molecule has 1 N–H and O–H groups in total. The van der Waals surface area contributed by atoms with Crippen molar-refractivity contribution in [2.24, 2.45) is 0 Å². The topological polar surface area (TPSA) is 71.3 Å². The fraction of sp³-hybridized carbons (Fsp3) is 0.667. The van der Waals surface area contributed by atoms with Gasteiger partial charge < -0.3 is 14.6 Å². The average molecular weight is 212 g/mol. The number of hydrogen-bond acceptors (Lipinski definition) is 4. The van der Waals surface area contributed by atoms with Gasteiger partial charge in [-0.25, -0.2) is 4.79 Å². The quantitative estimate of drug-likeness (QED) is 0.810. The molecule has 0 spiro atoms. The van der Waals surface area contributed by atoms with Crippen LogP contribution in [0.25, 0.3) is 0 Å². The van der Waals surface area contributed by atoms with Crippen molar-refractivity contribution in [3.05, 3.63) is 11.8 Å². The Kier molecular flexibility index (Phi) is 3.65. The molecule has 0 aliphatic rings. The highest BCUT2D eigenvalue weighted by Gasteiger charge is 2.10. The van der Waals surface area contributed by atoms with E-state index in [0.29, 0.717) is 11.8 Å². The minimum Gasteiger partial charge on any atom is -0.423 e. The number of hydrogen-bond donors (Lipinski definition) is 1. The third-order valence-corrected chi connectivity index (χ3v) is 1.77. The third kappa shape index (κ3) is 3.23. The van der Waals surface area contributed by atoms with Gasteiger partial charge in [0.15, 0.2) is 0 Å². The van der Waals surface area contributed by atoms with Crippen molar-refractivity contribution in [1.82, 2.24) is 20.4 Å². The molecule has 15 heavy (non-hydrogen) atoms. The highest BCUT2D eigenvalue weighted by atomic mass is 16.4. The molecule has 0 aliphatic carbocycles. The molecule has 0 atom stereocenters. The molecular weight excluding hydrogens is 196 g/mol. The van der Waals surface area contributed by atoms with E-state index in [9.17, 15) is 4.79 Å². The standard InChI is InChI=1S/C9H16N4O2/c1-6(2)8-12-11-7(15-8)5-10-9(14)13(3)4/h6H,5H2,1-4H3,(H,10,14). The van der Waals surface area contributed by atoms with Crippen LogP contribution in [0.2, 0.25) is 0 Å². The van der Waals surface area contributed by atoms with Crippen molar-refractivity contribution in [2.75, 3.05) is 14.1 Å². The fourth-order valence-corrected chi connectivity index (χ4v) is 0.881. The predicted octanol–water partition coefficient (Wildman–Crippen LogP) is 0.964. The van der Waals surface area contributed by atoms with E-state index in [4.69, 9.17) is 4.42 Å². The van der Waals surface area contributed by atoms with E-state index in [1.807, 2.05) is 13.8 Å². The number of nitrogens with zero attached hydrogens (tertiary/aromatic N) is 3. The zero-order valence-corrected chi connectivity index (χ0v) is 9.44. The molecule has 1 aromatic rings. The Hall–Kier alpha value is -1.59. The molecule has 1 rings (SSSR count). The van der Waals surface area contributed by atoms with E-state index >= 15 is 0 Å². The van der Waals surface area contributed by atoms with E-state index in [0.717, 1.165) is 0 Å².